The summed E-state index contributed by atoms with van der Waals surface area (Å²) in [6.07, 6.45) is 0.812. The molecule has 172 valence electrons. The Kier molecular flexibility index (Phi) is 6.48. The lowest BCUT2D eigenvalue weighted by Gasteiger charge is -2.24. The SMILES string of the molecule is COc1ccc(CN2C(=O)C(N=Cc3ccccc3)N=C(c3ccccc3)c3ccccc32)cc1. The van der Waals surface area contributed by atoms with Crippen LogP contribution in [-0.2, 0) is 11.3 Å². The van der Waals surface area contributed by atoms with Crippen molar-refractivity contribution in [2.24, 2.45) is 9.98 Å². The summed E-state index contributed by atoms with van der Waals surface area (Å²) in [6, 6.07) is 35.4. The highest BCUT2D eigenvalue weighted by molar-refractivity contribution is 6.20. The molecule has 1 unspecified atom stereocenters. The molecule has 0 radical (unpaired) electrons. The Morgan fingerprint density at radius 1 is 0.857 bits per heavy atom. The van der Waals surface area contributed by atoms with Gasteiger partial charge < -0.3 is 9.64 Å². The average molecular weight is 460 g/mol. The molecule has 4 aromatic rings. The third-order valence-electron chi connectivity index (χ3n) is 5.90. The van der Waals surface area contributed by atoms with Crippen LogP contribution in [0.25, 0.3) is 0 Å². The van der Waals surface area contributed by atoms with Gasteiger partial charge in [-0.15, -0.1) is 0 Å². The molecule has 5 heteroatoms. The maximum Gasteiger partial charge on any atom is 0.274 e. The molecule has 0 spiro atoms. The first-order valence-electron chi connectivity index (χ1n) is 11.5. The van der Waals surface area contributed by atoms with Gasteiger partial charge in [-0.05, 0) is 29.3 Å². The van der Waals surface area contributed by atoms with Crippen molar-refractivity contribution in [1.29, 1.82) is 0 Å². The van der Waals surface area contributed by atoms with Crippen LogP contribution in [-0.4, -0.2) is 31.1 Å². The van der Waals surface area contributed by atoms with Crippen LogP contribution in [0.4, 0.5) is 5.69 Å². The van der Waals surface area contributed by atoms with Crippen LogP contribution < -0.4 is 9.64 Å². The molecule has 0 bridgehead atoms. The van der Waals surface area contributed by atoms with Crippen molar-refractivity contribution in [1.82, 2.24) is 0 Å². The lowest BCUT2D eigenvalue weighted by Crippen LogP contribution is -2.36. The Morgan fingerprint density at radius 2 is 1.51 bits per heavy atom. The van der Waals surface area contributed by atoms with Crippen LogP contribution in [0, 0.1) is 0 Å². The lowest BCUT2D eigenvalue weighted by molar-refractivity contribution is -0.119. The van der Waals surface area contributed by atoms with Crippen molar-refractivity contribution in [2.45, 2.75) is 12.7 Å². The second kappa shape index (κ2) is 10.2. The number of para-hydroxylation sites is 1. The molecule has 35 heavy (non-hydrogen) atoms. The summed E-state index contributed by atoms with van der Waals surface area (Å²) < 4.78 is 5.29. The number of hydrogen-bond acceptors (Lipinski definition) is 4. The van der Waals surface area contributed by atoms with Crippen LogP contribution in [0.1, 0.15) is 22.3 Å². The molecule has 1 aliphatic heterocycles. The average Bonchev–Trinajstić information content (AvgIpc) is 3.04. The number of benzodiazepines with no additional fused rings is 1. The summed E-state index contributed by atoms with van der Waals surface area (Å²) >= 11 is 0. The van der Waals surface area contributed by atoms with Gasteiger partial charge in [0.2, 0.25) is 6.17 Å². The minimum atomic E-state index is -0.906. The highest BCUT2D eigenvalue weighted by Gasteiger charge is 2.31. The van der Waals surface area contributed by atoms with Crippen molar-refractivity contribution in [3.05, 3.63) is 131 Å². The number of hydrogen-bond donors (Lipinski definition) is 0. The monoisotopic (exact) mass is 459 g/mol. The minimum Gasteiger partial charge on any atom is -0.497 e. The largest absolute Gasteiger partial charge is 0.497 e. The Labute approximate surface area is 205 Å². The van der Waals surface area contributed by atoms with Gasteiger partial charge in [0, 0.05) is 17.3 Å². The molecule has 0 aliphatic carbocycles. The number of aliphatic imine (C=N–C) groups is 2. The van der Waals surface area contributed by atoms with E-state index in [1.807, 2.05) is 109 Å². The smallest absolute Gasteiger partial charge is 0.274 e. The number of fused-ring (bicyclic) bond motifs is 1. The summed E-state index contributed by atoms with van der Waals surface area (Å²) in [5.41, 5.74) is 5.32. The minimum absolute atomic E-state index is 0.175. The zero-order valence-electron chi connectivity index (χ0n) is 19.4. The summed E-state index contributed by atoms with van der Waals surface area (Å²) in [6.45, 7) is 0.398. The second-order valence-electron chi connectivity index (χ2n) is 8.20. The lowest BCUT2D eigenvalue weighted by atomic mass is 10.00. The number of anilines is 1. The molecular formula is C30H25N3O2. The van der Waals surface area contributed by atoms with E-state index in [1.54, 1.807) is 18.2 Å². The molecule has 0 fully saturated rings. The van der Waals surface area contributed by atoms with Gasteiger partial charge >= 0.3 is 0 Å². The summed E-state index contributed by atoms with van der Waals surface area (Å²) in [5, 5.41) is 0. The Hall–Kier alpha value is -4.51. The van der Waals surface area contributed by atoms with E-state index in [2.05, 4.69) is 4.99 Å². The topological polar surface area (TPSA) is 54.3 Å². The highest BCUT2D eigenvalue weighted by Crippen LogP contribution is 2.30. The van der Waals surface area contributed by atoms with Crippen molar-refractivity contribution < 1.29 is 9.53 Å². The third-order valence-corrected chi connectivity index (χ3v) is 5.90. The zero-order chi connectivity index (χ0) is 24.0. The normalized spacial score (nSPS) is 15.5. The van der Waals surface area contributed by atoms with Crippen LogP contribution in [0.15, 0.2) is 119 Å². The van der Waals surface area contributed by atoms with Crippen molar-refractivity contribution >= 4 is 23.5 Å². The van der Waals surface area contributed by atoms with E-state index in [9.17, 15) is 4.79 Å². The maximum atomic E-state index is 13.9. The number of benzene rings is 4. The van der Waals surface area contributed by atoms with Crippen LogP contribution >= 0.6 is 0 Å². The standard InChI is InChI=1S/C30H25N3O2/c1-35-25-18-16-23(17-19-25)21-33-27-15-9-8-14-26(27)28(24-12-6-3-7-13-24)32-29(30(33)34)31-20-22-10-4-2-5-11-22/h2-20,29H,21H2,1H3. The number of rotatable bonds is 6. The van der Waals surface area contributed by atoms with Gasteiger partial charge in [0.25, 0.3) is 5.91 Å². The van der Waals surface area contributed by atoms with Gasteiger partial charge in [0.1, 0.15) is 5.75 Å². The Balaban J connectivity index is 1.61. The second-order valence-corrected chi connectivity index (χ2v) is 8.20. The number of methoxy groups -OCH3 is 1. The predicted octanol–water partition coefficient (Wildman–Crippen LogP) is 5.52. The van der Waals surface area contributed by atoms with Crippen LogP contribution in [0.2, 0.25) is 0 Å². The van der Waals surface area contributed by atoms with Gasteiger partial charge in [-0.2, -0.15) is 0 Å². The molecule has 1 atom stereocenters. The van der Waals surface area contributed by atoms with E-state index in [1.165, 1.54) is 0 Å². The number of carbonyl (C=O) groups is 1. The van der Waals surface area contributed by atoms with Gasteiger partial charge in [-0.25, -0.2) is 4.99 Å². The summed E-state index contributed by atoms with van der Waals surface area (Å²) in [7, 11) is 1.64. The Morgan fingerprint density at radius 3 is 2.23 bits per heavy atom. The molecule has 5 rings (SSSR count). The van der Waals surface area contributed by atoms with E-state index in [0.29, 0.717) is 6.54 Å². The maximum absolute atomic E-state index is 13.9. The van der Waals surface area contributed by atoms with E-state index in [0.717, 1.165) is 39.4 Å². The van der Waals surface area contributed by atoms with Gasteiger partial charge in [0.15, 0.2) is 0 Å². The van der Waals surface area contributed by atoms with E-state index >= 15 is 0 Å². The molecule has 5 nitrogen and oxygen atoms in total. The van der Waals surface area contributed by atoms with Crippen molar-refractivity contribution in [2.75, 3.05) is 12.0 Å². The molecular weight excluding hydrogens is 434 g/mol. The number of carbonyl (C=O) groups excluding carboxylic acids is 1. The number of amides is 1. The quantitative estimate of drug-likeness (QED) is 0.356. The van der Waals surface area contributed by atoms with Crippen molar-refractivity contribution in [3.8, 4) is 5.75 Å². The number of nitrogens with zero attached hydrogens (tertiary/aromatic N) is 3. The molecule has 0 aromatic heterocycles. The van der Waals surface area contributed by atoms with Crippen LogP contribution in [0.5, 0.6) is 5.75 Å². The fourth-order valence-corrected chi connectivity index (χ4v) is 4.11. The Bertz CT molecular complexity index is 1360. The van der Waals surface area contributed by atoms with Gasteiger partial charge in [-0.1, -0.05) is 91.0 Å². The molecule has 1 heterocycles. The van der Waals surface area contributed by atoms with E-state index in [4.69, 9.17) is 9.73 Å². The number of ether oxygens (including phenoxy) is 1. The predicted molar refractivity (Wildman–Crippen MR) is 141 cm³/mol. The fourth-order valence-electron chi connectivity index (χ4n) is 4.11. The first-order valence-corrected chi connectivity index (χ1v) is 11.5. The van der Waals surface area contributed by atoms with Crippen molar-refractivity contribution in [3.63, 3.8) is 0 Å². The third kappa shape index (κ3) is 4.89. The molecule has 1 amide bonds. The summed E-state index contributed by atoms with van der Waals surface area (Å²) in [4.78, 5) is 25.3. The molecule has 0 saturated carbocycles. The molecule has 4 aromatic carbocycles. The first kappa shape index (κ1) is 22.3. The molecule has 0 saturated heterocycles. The van der Waals surface area contributed by atoms with E-state index in [-0.39, 0.29) is 5.91 Å². The first-order chi connectivity index (χ1) is 17.2. The van der Waals surface area contributed by atoms with Gasteiger partial charge in [-0.3, -0.25) is 9.79 Å². The van der Waals surface area contributed by atoms with Gasteiger partial charge in [0.05, 0.1) is 25.1 Å². The molecule has 1 aliphatic rings. The zero-order valence-corrected chi connectivity index (χ0v) is 19.4. The van der Waals surface area contributed by atoms with E-state index < -0.39 is 6.17 Å². The summed E-state index contributed by atoms with van der Waals surface area (Å²) in [5.74, 6) is 0.600. The fraction of sp³-hybridized carbons (Fsp3) is 0.100. The van der Waals surface area contributed by atoms with Crippen LogP contribution in [0.3, 0.4) is 0 Å². The molecule has 0 N–H and O–H groups in total. The highest BCUT2D eigenvalue weighted by atomic mass is 16.5.